The molecule has 0 amide bonds. The van der Waals surface area contributed by atoms with E-state index in [2.05, 4.69) is 40.8 Å². The SMILES string of the molecule is CC[C@H](CCl)O[Si](C)(C)C(C)(C)C. The Morgan fingerprint density at radius 3 is 2.00 bits per heavy atom. The first-order valence-corrected chi connectivity index (χ1v) is 8.42. The van der Waals surface area contributed by atoms with E-state index in [0.29, 0.717) is 5.88 Å². The zero-order valence-electron chi connectivity index (χ0n) is 9.78. The average molecular weight is 223 g/mol. The third-order valence-corrected chi connectivity index (χ3v) is 7.77. The van der Waals surface area contributed by atoms with Gasteiger partial charge < -0.3 is 4.43 Å². The first-order chi connectivity index (χ1) is 5.74. The lowest BCUT2D eigenvalue weighted by molar-refractivity contribution is 0.198. The van der Waals surface area contributed by atoms with E-state index in [0.717, 1.165) is 6.42 Å². The first-order valence-electron chi connectivity index (χ1n) is 4.98. The van der Waals surface area contributed by atoms with Crippen molar-refractivity contribution in [1.29, 1.82) is 0 Å². The summed E-state index contributed by atoms with van der Waals surface area (Å²) in [4.78, 5) is 0. The van der Waals surface area contributed by atoms with E-state index in [1.54, 1.807) is 0 Å². The summed E-state index contributed by atoms with van der Waals surface area (Å²) in [5, 5.41) is 0.284. The molecule has 0 saturated carbocycles. The zero-order valence-corrected chi connectivity index (χ0v) is 11.5. The fourth-order valence-electron chi connectivity index (χ4n) is 0.817. The molecule has 0 aromatic rings. The third-order valence-electron chi connectivity index (χ3n) is 2.89. The Hall–Kier alpha value is 0.467. The minimum Gasteiger partial charge on any atom is -0.413 e. The van der Waals surface area contributed by atoms with Crippen LogP contribution >= 0.6 is 11.6 Å². The van der Waals surface area contributed by atoms with Crippen LogP contribution in [-0.2, 0) is 4.43 Å². The average Bonchev–Trinajstić information content (AvgIpc) is 1.98. The summed E-state index contributed by atoms with van der Waals surface area (Å²) in [7, 11) is -1.59. The normalized spacial score (nSPS) is 15.9. The molecule has 0 aliphatic heterocycles. The van der Waals surface area contributed by atoms with Gasteiger partial charge in [-0.05, 0) is 24.6 Å². The van der Waals surface area contributed by atoms with Crippen molar-refractivity contribution in [3.63, 3.8) is 0 Å². The number of hydrogen-bond acceptors (Lipinski definition) is 1. The van der Waals surface area contributed by atoms with Crippen LogP contribution in [0, 0.1) is 0 Å². The van der Waals surface area contributed by atoms with E-state index in [4.69, 9.17) is 16.0 Å². The van der Waals surface area contributed by atoms with E-state index in [-0.39, 0.29) is 11.1 Å². The summed E-state index contributed by atoms with van der Waals surface area (Å²) >= 11 is 5.82. The van der Waals surface area contributed by atoms with Crippen LogP contribution in [0.2, 0.25) is 18.1 Å². The molecule has 0 rings (SSSR count). The van der Waals surface area contributed by atoms with Crippen molar-refractivity contribution in [3.8, 4) is 0 Å². The fraction of sp³-hybridized carbons (Fsp3) is 1.00. The van der Waals surface area contributed by atoms with Crippen LogP contribution < -0.4 is 0 Å². The van der Waals surface area contributed by atoms with Crippen LogP contribution in [0.1, 0.15) is 34.1 Å². The zero-order chi connectivity index (χ0) is 10.7. The maximum atomic E-state index is 6.11. The van der Waals surface area contributed by atoms with E-state index in [1.165, 1.54) is 0 Å². The van der Waals surface area contributed by atoms with Crippen LogP contribution in [-0.4, -0.2) is 20.3 Å². The summed E-state index contributed by atoms with van der Waals surface area (Å²) in [5.74, 6) is 0.614. The highest BCUT2D eigenvalue weighted by Crippen LogP contribution is 2.37. The molecule has 0 heterocycles. The molecule has 0 aromatic carbocycles. The molecule has 0 bridgehead atoms. The van der Waals surface area contributed by atoms with Crippen LogP contribution in [0.4, 0.5) is 0 Å². The first kappa shape index (κ1) is 13.5. The van der Waals surface area contributed by atoms with Gasteiger partial charge in [0.05, 0.1) is 6.10 Å². The van der Waals surface area contributed by atoms with Gasteiger partial charge in [-0.15, -0.1) is 11.6 Å². The molecule has 1 nitrogen and oxygen atoms in total. The van der Waals surface area contributed by atoms with E-state index < -0.39 is 8.32 Å². The van der Waals surface area contributed by atoms with Gasteiger partial charge >= 0.3 is 0 Å². The van der Waals surface area contributed by atoms with Crippen LogP contribution in [0.25, 0.3) is 0 Å². The highest BCUT2D eigenvalue weighted by molar-refractivity contribution is 6.74. The lowest BCUT2D eigenvalue weighted by atomic mass is 10.2. The van der Waals surface area contributed by atoms with Crippen molar-refractivity contribution < 1.29 is 4.43 Å². The fourth-order valence-corrected chi connectivity index (χ4v) is 2.64. The molecule has 0 aliphatic rings. The van der Waals surface area contributed by atoms with Crippen molar-refractivity contribution >= 4 is 19.9 Å². The molecule has 0 N–H and O–H groups in total. The maximum Gasteiger partial charge on any atom is 0.192 e. The number of alkyl halides is 1. The smallest absolute Gasteiger partial charge is 0.192 e. The molecule has 1 atom stereocenters. The van der Waals surface area contributed by atoms with E-state index in [9.17, 15) is 0 Å². The Morgan fingerprint density at radius 1 is 1.31 bits per heavy atom. The topological polar surface area (TPSA) is 9.23 Å². The van der Waals surface area contributed by atoms with Gasteiger partial charge in [-0.2, -0.15) is 0 Å². The van der Waals surface area contributed by atoms with Gasteiger partial charge in [-0.25, -0.2) is 0 Å². The number of halogens is 1. The summed E-state index contributed by atoms with van der Waals surface area (Å²) in [6.07, 6.45) is 1.25. The van der Waals surface area contributed by atoms with Crippen molar-refractivity contribution in [1.82, 2.24) is 0 Å². The monoisotopic (exact) mass is 222 g/mol. The quantitative estimate of drug-likeness (QED) is 0.516. The van der Waals surface area contributed by atoms with Gasteiger partial charge in [0.1, 0.15) is 0 Å². The second-order valence-corrected chi connectivity index (χ2v) is 10.1. The van der Waals surface area contributed by atoms with Gasteiger partial charge in [0.15, 0.2) is 8.32 Å². The standard InChI is InChI=1S/C10H23ClOSi/c1-7-9(8-11)12-13(5,6)10(2,3)4/h9H,7-8H2,1-6H3/t9-/m1/s1. The Balaban J connectivity index is 4.31. The summed E-state index contributed by atoms with van der Waals surface area (Å²) in [5.41, 5.74) is 0. The Bertz CT molecular complexity index is 147. The molecule has 3 heteroatoms. The lowest BCUT2D eigenvalue weighted by Crippen LogP contribution is -2.44. The van der Waals surface area contributed by atoms with Crippen LogP contribution in [0.5, 0.6) is 0 Å². The molecule has 0 aromatic heterocycles. The number of rotatable bonds is 4. The van der Waals surface area contributed by atoms with Gasteiger partial charge in [0.2, 0.25) is 0 Å². The van der Waals surface area contributed by atoms with Crippen molar-refractivity contribution in [2.24, 2.45) is 0 Å². The summed E-state index contributed by atoms with van der Waals surface area (Å²) in [6, 6.07) is 0. The van der Waals surface area contributed by atoms with Crippen molar-refractivity contribution in [3.05, 3.63) is 0 Å². The van der Waals surface area contributed by atoms with Crippen LogP contribution in [0.3, 0.4) is 0 Å². The molecule has 0 radical (unpaired) electrons. The lowest BCUT2D eigenvalue weighted by Gasteiger charge is -2.38. The number of hydrogen-bond donors (Lipinski definition) is 0. The molecular formula is C10H23ClOSi. The minimum absolute atomic E-state index is 0.238. The predicted octanol–water partition coefficient (Wildman–Crippen LogP) is 4.03. The molecule has 0 unspecified atom stereocenters. The predicted molar refractivity (Wildman–Crippen MR) is 63.1 cm³/mol. The van der Waals surface area contributed by atoms with Crippen molar-refractivity contribution in [2.45, 2.75) is 58.4 Å². The van der Waals surface area contributed by atoms with Gasteiger partial charge in [0, 0.05) is 5.88 Å². The highest BCUT2D eigenvalue weighted by Gasteiger charge is 2.38. The third kappa shape index (κ3) is 4.01. The van der Waals surface area contributed by atoms with E-state index >= 15 is 0 Å². The molecule has 0 fully saturated rings. The van der Waals surface area contributed by atoms with Gasteiger partial charge in [0.25, 0.3) is 0 Å². The second-order valence-electron chi connectivity index (χ2n) is 5.06. The Labute approximate surface area is 88.9 Å². The molecule has 80 valence electrons. The summed E-state index contributed by atoms with van der Waals surface area (Å²) in [6.45, 7) is 13.4. The Morgan fingerprint density at radius 2 is 1.77 bits per heavy atom. The Kier molecular flexibility index (Phi) is 4.98. The second kappa shape index (κ2) is 4.81. The highest BCUT2D eigenvalue weighted by atomic mass is 35.5. The van der Waals surface area contributed by atoms with Gasteiger partial charge in [-0.1, -0.05) is 27.7 Å². The summed E-state index contributed by atoms with van der Waals surface area (Å²) < 4.78 is 6.11. The maximum absolute atomic E-state index is 6.11. The van der Waals surface area contributed by atoms with Gasteiger partial charge in [-0.3, -0.25) is 0 Å². The largest absolute Gasteiger partial charge is 0.413 e. The van der Waals surface area contributed by atoms with E-state index in [1.807, 2.05) is 0 Å². The molecule has 0 saturated heterocycles. The molecule has 0 spiro atoms. The minimum atomic E-state index is -1.59. The molecular weight excluding hydrogens is 200 g/mol. The molecule has 13 heavy (non-hydrogen) atoms. The van der Waals surface area contributed by atoms with Crippen molar-refractivity contribution in [2.75, 3.05) is 5.88 Å². The molecule has 0 aliphatic carbocycles. The van der Waals surface area contributed by atoms with Crippen LogP contribution in [0.15, 0.2) is 0 Å².